The minimum Gasteiger partial charge on any atom is -0.493 e. The van der Waals surface area contributed by atoms with Gasteiger partial charge in [0.1, 0.15) is 0 Å². The number of hydrogen-bond acceptors (Lipinski definition) is 4. The van der Waals surface area contributed by atoms with Crippen LogP contribution in [0.5, 0.6) is 11.5 Å². The molecule has 1 saturated heterocycles. The van der Waals surface area contributed by atoms with Crippen molar-refractivity contribution in [2.24, 2.45) is 11.7 Å². The lowest BCUT2D eigenvalue weighted by Gasteiger charge is -2.33. The van der Waals surface area contributed by atoms with Gasteiger partial charge in [0.05, 0.1) is 14.2 Å². The highest BCUT2D eigenvalue weighted by atomic mass is 16.5. The fraction of sp³-hybridized carbons (Fsp3) is 0.625. The van der Waals surface area contributed by atoms with Gasteiger partial charge in [0.2, 0.25) is 0 Å². The van der Waals surface area contributed by atoms with Crippen molar-refractivity contribution < 1.29 is 9.47 Å². The van der Waals surface area contributed by atoms with Gasteiger partial charge >= 0.3 is 0 Å². The van der Waals surface area contributed by atoms with E-state index in [0.717, 1.165) is 50.0 Å². The van der Waals surface area contributed by atoms with Gasteiger partial charge in [-0.25, -0.2) is 0 Å². The maximum Gasteiger partial charge on any atom is 0.165 e. The number of nitrogens with zero attached hydrogens (tertiary/aromatic N) is 1. The molecular weight excluding hydrogens is 252 g/mol. The summed E-state index contributed by atoms with van der Waals surface area (Å²) in [5.74, 6) is 2.40. The van der Waals surface area contributed by atoms with Crippen molar-refractivity contribution in [1.29, 1.82) is 0 Å². The Morgan fingerprint density at radius 3 is 2.85 bits per heavy atom. The minimum absolute atomic E-state index is 0.741. The average molecular weight is 278 g/mol. The summed E-state index contributed by atoms with van der Waals surface area (Å²) in [4.78, 5) is 2.50. The molecule has 0 amide bonds. The number of benzene rings is 1. The summed E-state index contributed by atoms with van der Waals surface area (Å²) in [7, 11) is 3.38. The van der Waals surface area contributed by atoms with Crippen molar-refractivity contribution in [2.75, 3.05) is 33.9 Å². The predicted octanol–water partition coefficient (Wildman–Crippen LogP) is 2.26. The number of likely N-dealkylation sites (tertiary alicyclic amines) is 1. The van der Waals surface area contributed by atoms with E-state index in [1.54, 1.807) is 14.2 Å². The first-order valence-electron chi connectivity index (χ1n) is 7.40. The first kappa shape index (κ1) is 15.1. The van der Waals surface area contributed by atoms with Crippen LogP contribution in [0.1, 0.15) is 24.8 Å². The molecular formula is C16H26N2O2. The predicted molar refractivity (Wildman–Crippen MR) is 81.2 cm³/mol. The maximum atomic E-state index is 5.69. The Kier molecular flexibility index (Phi) is 5.68. The zero-order valence-electron chi connectivity index (χ0n) is 12.6. The lowest BCUT2D eigenvalue weighted by Crippen LogP contribution is -2.35. The molecule has 0 spiro atoms. The molecule has 1 aliphatic rings. The second-order valence-corrected chi connectivity index (χ2v) is 5.47. The van der Waals surface area contributed by atoms with E-state index < -0.39 is 0 Å². The van der Waals surface area contributed by atoms with Crippen LogP contribution in [0.2, 0.25) is 0 Å². The monoisotopic (exact) mass is 278 g/mol. The van der Waals surface area contributed by atoms with E-state index in [9.17, 15) is 0 Å². The van der Waals surface area contributed by atoms with Gasteiger partial charge in [-0.2, -0.15) is 0 Å². The van der Waals surface area contributed by atoms with Gasteiger partial charge in [-0.1, -0.05) is 12.1 Å². The first-order chi connectivity index (χ1) is 9.78. The van der Waals surface area contributed by atoms with Crippen LogP contribution in [-0.2, 0) is 6.54 Å². The third-order valence-electron chi connectivity index (χ3n) is 4.06. The lowest BCUT2D eigenvalue weighted by molar-refractivity contribution is 0.161. The number of piperidine rings is 1. The molecule has 4 heteroatoms. The summed E-state index contributed by atoms with van der Waals surface area (Å²) in [5.41, 5.74) is 6.88. The maximum absolute atomic E-state index is 5.69. The minimum atomic E-state index is 0.741. The van der Waals surface area contributed by atoms with E-state index in [4.69, 9.17) is 15.2 Å². The molecule has 0 aliphatic carbocycles. The first-order valence-corrected chi connectivity index (χ1v) is 7.40. The van der Waals surface area contributed by atoms with Gasteiger partial charge in [-0.15, -0.1) is 0 Å². The molecule has 1 aliphatic heterocycles. The Morgan fingerprint density at radius 2 is 2.15 bits per heavy atom. The molecule has 0 saturated carbocycles. The Balaban J connectivity index is 2.05. The third-order valence-corrected chi connectivity index (χ3v) is 4.06. The molecule has 2 rings (SSSR count). The highest BCUT2D eigenvalue weighted by Crippen LogP contribution is 2.32. The highest BCUT2D eigenvalue weighted by molar-refractivity contribution is 5.46. The van der Waals surface area contributed by atoms with Crippen LogP contribution in [0, 0.1) is 5.92 Å². The van der Waals surface area contributed by atoms with Crippen LogP contribution in [-0.4, -0.2) is 38.8 Å². The van der Waals surface area contributed by atoms with Crippen molar-refractivity contribution in [3.8, 4) is 11.5 Å². The van der Waals surface area contributed by atoms with Crippen LogP contribution < -0.4 is 15.2 Å². The Morgan fingerprint density at radius 1 is 1.30 bits per heavy atom. The summed E-state index contributed by atoms with van der Waals surface area (Å²) in [6.45, 7) is 4.00. The van der Waals surface area contributed by atoms with Crippen molar-refractivity contribution >= 4 is 0 Å². The largest absolute Gasteiger partial charge is 0.493 e. The quantitative estimate of drug-likeness (QED) is 0.867. The SMILES string of the molecule is COc1cccc(CN2CCCC(CCN)C2)c1OC. The number of hydrogen-bond donors (Lipinski definition) is 1. The number of nitrogens with two attached hydrogens (primary N) is 1. The summed E-state index contributed by atoms with van der Waals surface area (Å²) in [5, 5.41) is 0. The zero-order valence-corrected chi connectivity index (χ0v) is 12.6. The topological polar surface area (TPSA) is 47.7 Å². The number of ether oxygens (including phenoxy) is 2. The summed E-state index contributed by atoms with van der Waals surface area (Å²) in [6.07, 6.45) is 3.70. The summed E-state index contributed by atoms with van der Waals surface area (Å²) >= 11 is 0. The fourth-order valence-electron chi connectivity index (χ4n) is 3.09. The zero-order chi connectivity index (χ0) is 14.4. The molecule has 4 nitrogen and oxygen atoms in total. The van der Waals surface area contributed by atoms with Gasteiger partial charge in [0, 0.05) is 18.7 Å². The van der Waals surface area contributed by atoms with Crippen molar-refractivity contribution in [2.45, 2.75) is 25.8 Å². The Bertz CT molecular complexity index is 421. The highest BCUT2D eigenvalue weighted by Gasteiger charge is 2.21. The fourth-order valence-corrected chi connectivity index (χ4v) is 3.09. The molecule has 0 radical (unpaired) electrons. The van der Waals surface area contributed by atoms with E-state index in [-0.39, 0.29) is 0 Å². The Hall–Kier alpha value is -1.26. The van der Waals surface area contributed by atoms with E-state index in [0.29, 0.717) is 0 Å². The van der Waals surface area contributed by atoms with Gasteiger partial charge in [-0.3, -0.25) is 4.90 Å². The van der Waals surface area contributed by atoms with Crippen LogP contribution >= 0.6 is 0 Å². The molecule has 0 aromatic heterocycles. The van der Waals surface area contributed by atoms with Crippen molar-refractivity contribution in [1.82, 2.24) is 4.90 Å². The van der Waals surface area contributed by atoms with Crippen LogP contribution in [0.25, 0.3) is 0 Å². The van der Waals surface area contributed by atoms with E-state index in [2.05, 4.69) is 11.0 Å². The van der Waals surface area contributed by atoms with Crippen molar-refractivity contribution in [3.05, 3.63) is 23.8 Å². The second-order valence-electron chi connectivity index (χ2n) is 5.47. The molecule has 2 N–H and O–H groups in total. The smallest absolute Gasteiger partial charge is 0.165 e. The molecule has 112 valence electrons. The van der Waals surface area contributed by atoms with Crippen molar-refractivity contribution in [3.63, 3.8) is 0 Å². The lowest BCUT2D eigenvalue weighted by atomic mass is 9.94. The summed E-state index contributed by atoms with van der Waals surface area (Å²) < 4.78 is 10.9. The average Bonchev–Trinajstić information content (AvgIpc) is 2.47. The molecule has 1 fully saturated rings. The molecule has 1 aromatic rings. The second kappa shape index (κ2) is 7.50. The normalized spacial score (nSPS) is 19.9. The number of para-hydroxylation sites is 1. The van der Waals surface area contributed by atoms with E-state index in [1.165, 1.54) is 18.4 Å². The van der Waals surface area contributed by atoms with E-state index in [1.807, 2.05) is 12.1 Å². The molecule has 20 heavy (non-hydrogen) atoms. The Labute approximate surface area is 121 Å². The van der Waals surface area contributed by atoms with Gasteiger partial charge in [-0.05, 0) is 44.3 Å². The van der Waals surface area contributed by atoms with Crippen LogP contribution in [0.4, 0.5) is 0 Å². The van der Waals surface area contributed by atoms with Gasteiger partial charge < -0.3 is 15.2 Å². The molecule has 1 atom stereocenters. The number of methoxy groups -OCH3 is 2. The standard InChI is InChI=1S/C16H26N2O2/c1-19-15-7-3-6-14(16(15)20-2)12-18-10-4-5-13(11-18)8-9-17/h3,6-7,13H,4-5,8-12,17H2,1-2H3. The molecule has 1 unspecified atom stereocenters. The molecule has 1 aromatic carbocycles. The van der Waals surface area contributed by atoms with Crippen LogP contribution in [0.3, 0.4) is 0 Å². The molecule has 0 bridgehead atoms. The summed E-state index contributed by atoms with van der Waals surface area (Å²) in [6, 6.07) is 6.08. The molecule has 1 heterocycles. The van der Waals surface area contributed by atoms with Gasteiger partial charge in [0.15, 0.2) is 11.5 Å². The van der Waals surface area contributed by atoms with Crippen LogP contribution in [0.15, 0.2) is 18.2 Å². The third kappa shape index (κ3) is 3.64. The number of rotatable bonds is 6. The van der Waals surface area contributed by atoms with Gasteiger partial charge in [0.25, 0.3) is 0 Å². The van der Waals surface area contributed by atoms with E-state index >= 15 is 0 Å².